The van der Waals surface area contributed by atoms with E-state index in [-0.39, 0.29) is 5.75 Å². The number of benzene rings is 1. The summed E-state index contributed by atoms with van der Waals surface area (Å²) >= 11 is 0. The van der Waals surface area contributed by atoms with Crippen molar-refractivity contribution in [2.75, 3.05) is 12.3 Å². The van der Waals surface area contributed by atoms with E-state index in [0.29, 0.717) is 11.3 Å². The van der Waals surface area contributed by atoms with Crippen LogP contribution < -0.4 is 16.2 Å². The fraction of sp³-hybridized carbons (Fsp3) is 0.222. The predicted molar refractivity (Wildman–Crippen MR) is 60.7 cm³/mol. The van der Waals surface area contributed by atoms with Gasteiger partial charge >= 0.3 is 0 Å². The first-order chi connectivity index (χ1) is 7.39. The lowest BCUT2D eigenvalue weighted by atomic mass is 10.2. The van der Waals surface area contributed by atoms with Crippen molar-refractivity contribution < 1.29 is 13.2 Å². The Morgan fingerprint density at radius 3 is 2.31 bits per heavy atom. The first-order valence-electron chi connectivity index (χ1n) is 4.49. The van der Waals surface area contributed by atoms with Gasteiger partial charge in [-0.3, -0.25) is 4.79 Å². The lowest BCUT2D eigenvalue weighted by molar-refractivity contribution is -0.116. The molecule has 0 saturated heterocycles. The summed E-state index contributed by atoms with van der Waals surface area (Å²) in [7, 11) is -3.53. The fourth-order valence-electron chi connectivity index (χ4n) is 1.07. The number of hydrogen-bond acceptors (Lipinski definition) is 4. The molecular formula is C9H13N3O3S. The summed E-state index contributed by atoms with van der Waals surface area (Å²) < 4.78 is 25.0. The van der Waals surface area contributed by atoms with Gasteiger partial charge in [0.25, 0.3) is 0 Å². The molecule has 88 valence electrons. The molecule has 0 radical (unpaired) electrons. The van der Waals surface area contributed by atoms with E-state index in [1.807, 2.05) is 0 Å². The average Bonchev–Trinajstić information content (AvgIpc) is 2.19. The minimum Gasteiger partial charge on any atom is -0.399 e. The molecule has 0 aliphatic heterocycles. The first-order valence-corrected chi connectivity index (χ1v) is 6.14. The molecule has 0 aliphatic rings. The van der Waals surface area contributed by atoms with Gasteiger partial charge in [0.15, 0.2) is 0 Å². The normalized spacial score (nSPS) is 11.2. The maximum Gasteiger partial charge on any atom is 0.232 e. The van der Waals surface area contributed by atoms with Gasteiger partial charge in [0.2, 0.25) is 15.9 Å². The number of carbonyl (C=O) groups is 1. The van der Waals surface area contributed by atoms with Crippen LogP contribution in [0.2, 0.25) is 0 Å². The lowest BCUT2D eigenvalue weighted by Crippen LogP contribution is -2.34. The van der Waals surface area contributed by atoms with Crippen molar-refractivity contribution >= 4 is 21.6 Å². The number of carbonyl (C=O) groups excluding carboxylic acids is 1. The van der Waals surface area contributed by atoms with Gasteiger partial charge in [0, 0.05) is 5.69 Å². The largest absolute Gasteiger partial charge is 0.399 e. The zero-order valence-corrected chi connectivity index (χ0v) is 9.33. The SMILES string of the molecule is NC(=O)CNS(=O)(=O)Cc1ccc(N)cc1. The van der Waals surface area contributed by atoms with Crippen molar-refractivity contribution in [2.45, 2.75) is 5.75 Å². The van der Waals surface area contributed by atoms with Crippen molar-refractivity contribution in [2.24, 2.45) is 5.73 Å². The van der Waals surface area contributed by atoms with Gasteiger partial charge in [-0.15, -0.1) is 0 Å². The summed E-state index contributed by atoms with van der Waals surface area (Å²) in [6, 6.07) is 6.44. The van der Waals surface area contributed by atoms with Gasteiger partial charge in [0.1, 0.15) is 0 Å². The molecule has 0 bridgehead atoms. The number of amides is 1. The van der Waals surface area contributed by atoms with E-state index in [1.165, 1.54) is 0 Å². The molecule has 16 heavy (non-hydrogen) atoms. The molecule has 0 unspecified atom stereocenters. The second-order valence-electron chi connectivity index (χ2n) is 3.29. The standard InChI is InChI=1S/C9H13N3O3S/c10-8-3-1-7(2-4-8)6-16(14,15)12-5-9(11)13/h1-4,12H,5-6,10H2,(H2,11,13). The van der Waals surface area contributed by atoms with Crippen LogP contribution in [0.3, 0.4) is 0 Å². The van der Waals surface area contributed by atoms with Crippen LogP contribution >= 0.6 is 0 Å². The van der Waals surface area contributed by atoms with Gasteiger partial charge in [-0.2, -0.15) is 0 Å². The third-order valence-corrected chi connectivity index (χ3v) is 3.10. The number of nitrogen functional groups attached to an aromatic ring is 1. The Morgan fingerprint density at radius 1 is 1.25 bits per heavy atom. The number of rotatable bonds is 5. The number of sulfonamides is 1. The molecule has 0 saturated carbocycles. The molecule has 0 aromatic heterocycles. The van der Waals surface area contributed by atoms with Gasteiger partial charge in [-0.1, -0.05) is 12.1 Å². The molecule has 0 aliphatic carbocycles. The Bertz CT molecular complexity index is 467. The molecule has 1 amide bonds. The quantitative estimate of drug-likeness (QED) is 0.585. The van der Waals surface area contributed by atoms with Crippen LogP contribution in [0.15, 0.2) is 24.3 Å². The van der Waals surface area contributed by atoms with E-state index in [1.54, 1.807) is 24.3 Å². The summed E-state index contributed by atoms with van der Waals surface area (Å²) in [5.74, 6) is -0.929. The van der Waals surface area contributed by atoms with E-state index in [4.69, 9.17) is 11.5 Å². The van der Waals surface area contributed by atoms with E-state index >= 15 is 0 Å². The number of nitrogens with one attached hydrogen (secondary N) is 1. The highest BCUT2D eigenvalue weighted by Crippen LogP contribution is 2.08. The summed E-state index contributed by atoms with van der Waals surface area (Å²) in [6.45, 7) is -0.392. The molecular weight excluding hydrogens is 230 g/mol. The highest BCUT2D eigenvalue weighted by molar-refractivity contribution is 7.88. The molecule has 0 atom stereocenters. The fourth-order valence-corrected chi connectivity index (χ4v) is 2.16. The van der Waals surface area contributed by atoms with Crippen LogP contribution in [0.25, 0.3) is 0 Å². The Labute approximate surface area is 93.7 Å². The zero-order valence-electron chi connectivity index (χ0n) is 8.51. The van der Waals surface area contributed by atoms with Crippen molar-refractivity contribution in [3.63, 3.8) is 0 Å². The number of primary amides is 1. The molecule has 5 N–H and O–H groups in total. The Kier molecular flexibility index (Phi) is 3.86. The van der Waals surface area contributed by atoms with Crippen molar-refractivity contribution in [3.8, 4) is 0 Å². The van der Waals surface area contributed by atoms with E-state index in [0.717, 1.165) is 0 Å². The summed E-state index contributed by atoms with van der Waals surface area (Å²) in [5.41, 5.74) is 11.4. The monoisotopic (exact) mass is 243 g/mol. The minimum absolute atomic E-state index is 0.208. The summed E-state index contributed by atoms with van der Waals surface area (Å²) in [6.07, 6.45) is 0. The van der Waals surface area contributed by atoms with Crippen LogP contribution in [-0.4, -0.2) is 20.9 Å². The molecule has 0 spiro atoms. The molecule has 1 aromatic carbocycles. The second-order valence-corrected chi connectivity index (χ2v) is 5.09. The van der Waals surface area contributed by atoms with Crippen LogP contribution in [0.4, 0.5) is 5.69 Å². The number of hydrogen-bond donors (Lipinski definition) is 3. The van der Waals surface area contributed by atoms with E-state index in [9.17, 15) is 13.2 Å². The topological polar surface area (TPSA) is 115 Å². The van der Waals surface area contributed by atoms with Crippen molar-refractivity contribution in [1.29, 1.82) is 0 Å². The maximum atomic E-state index is 11.4. The maximum absolute atomic E-state index is 11.4. The van der Waals surface area contributed by atoms with E-state index < -0.39 is 22.5 Å². The summed E-state index contributed by atoms with van der Waals surface area (Å²) in [4.78, 5) is 10.4. The lowest BCUT2D eigenvalue weighted by Gasteiger charge is -2.05. The van der Waals surface area contributed by atoms with Crippen LogP contribution in [0.5, 0.6) is 0 Å². The second kappa shape index (κ2) is 4.95. The van der Waals surface area contributed by atoms with Gasteiger partial charge in [0.05, 0.1) is 12.3 Å². The molecule has 1 aromatic rings. The third-order valence-electron chi connectivity index (χ3n) is 1.80. The summed E-state index contributed by atoms with van der Waals surface area (Å²) in [5, 5.41) is 0. The Morgan fingerprint density at radius 2 is 1.81 bits per heavy atom. The highest BCUT2D eigenvalue weighted by atomic mass is 32.2. The minimum atomic E-state index is -3.53. The predicted octanol–water partition coefficient (Wildman–Crippen LogP) is -0.826. The van der Waals surface area contributed by atoms with Crippen LogP contribution in [0, 0.1) is 0 Å². The van der Waals surface area contributed by atoms with Gasteiger partial charge in [-0.05, 0) is 17.7 Å². The highest BCUT2D eigenvalue weighted by Gasteiger charge is 2.11. The number of anilines is 1. The molecule has 6 nitrogen and oxygen atoms in total. The third kappa shape index (κ3) is 4.28. The average molecular weight is 243 g/mol. The zero-order chi connectivity index (χ0) is 12.2. The van der Waals surface area contributed by atoms with Crippen molar-refractivity contribution in [3.05, 3.63) is 29.8 Å². The molecule has 7 heteroatoms. The molecule has 0 heterocycles. The number of nitrogens with two attached hydrogens (primary N) is 2. The van der Waals surface area contributed by atoms with Gasteiger partial charge < -0.3 is 11.5 Å². The molecule has 0 fully saturated rings. The van der Waals surface area contributed by atoms with Crippen LogP contribution in [0.1, 0.15) is 5.56 Å². The van der Waals surface area contributed by atoms with Crippen molar-refractivity contribution in [1.82, 2.24) is 4.72 Å². The Hall–Kier alpha value is -1.60. The molecule has 1 rings (SSSR count). The van der Waals surface area contributed by atoms with Crippen LogP contribution in [-0.2, 0) is 20.6 Å². The smallest absolute Gasteiger partial charge is 0.232 e. The van der Waals surface area contributed by atoms with Gasteiger partial charge in [-0.25, -0.2) is 13.1 Å². The first kappa shape index (κ1) is 12.5. The Balaban J connectivity index is 2.65. The van der Waals surface area contributed by atoms with E-state index in [2.05, 4.69) is 4.72 Å².